The number of amides is 1. The van der Waals surface area contributed by atoms with E-state index in [4.69, 9.17) is 4.74 Å². The molecule has 0 N–H and O–H groups in total. The van der Waals surface area contributed by atoms with E-state index in [1.54, 1.807) is 11.0 Å². The second kappa shape index (κ2) is 4.20. The van der Waals surface area contributed by atoms with Crippen LogP contribution >= 0.6 is 0 Å². The summed E-state index contributed by atoms with van der Waals surface area (Å²) in [7, 11) is 1.39. The zero-order valence-corrected chi connectivity index (χ0v) is 12.0. The van der Waals surface area contributed by atoms with E-state index in [2.05, 4.69) is 0 Å². The minimum absolute atomic E-state index is 0.00678. The van der Waals surface area contributed by atoms with Gasteiger partial charge >= 0.3 is 6.09 Å². The van der Waals surface area contributed by atoms with Crippen molar-refractivity contribution < 1.29 is 14.3 Å². The third kappa shape index (κ3) is 1.56. The standard InChI is InChI=1S/C17H17NO3/c1-21-16(20)18-8-4-5-11-10-17(11)13-7-3-2-6-12(13)14(19)9-15(17)18/h2-3,6-7,9,11H,4-5,8,10H2,1H3. The Kier molecular flexibility index (Phi) is 2.52. The van der Waals surface area contributed by atoms with E-state index in [0.29, 0.717) is 12.5 Å². The van der Waals surface area contributed by atoms with Crippen molar-refractivity contribution in [3.63, 3.8) is 0 Å². The van der Waals surface area contributed by atoms with Gasteiger partial charge in [0.15, 0.2) is 5.78 Å². The molecule has 108 valence electrons. The topological polar surface area (TPSA) is 46.6 Å². The second-order valence-electron chi connectivity index (χ2n) is 6.08. The predicted octanol–water partition coefficient (Wildman–Crippen LogP) is 2.89. The first-order chi connectivity index (χ1) is 10.2. The number of rotatable bonds is 0. The monoisotopic (exact) mass is 283 g/mol. The zero-order chi connectivity index (χ0) is 14.6. The lowest BCUT2D eigenvalue weighted by molar-refractivity contribution is 0.103. The Hall–Kier alpha value is -2.10. The van der Waals surface area contributed by atoms with Gasteiger partial charge < -0.3 is 4.74 Å². The zero-order valence-electron chi connectivity index (χ0n) is 12.0. The van der Waals surface area contributed by atoms with Crippen molar-refractivity contribution in [2.24, 2.45) is 5.92 Å². The van der Waals surface area contributed by atoms with Gasteiger partial charge in [-0.1, -0.05) is 24.3 Å². The minimum Gasteiger partial charge on any atom is -0.452 e. The van der Waals surface area contributed by atoms with Crippen LogP contribution in [0.25, 0.3) is 0 Å². The Morgan fingerprint density at radius 3 is 3.00 bits per heavy atom. The Balaban J connectivity index is 1.90. The van der Waals surface area contributed by atoms with Gasteiger partial charge in [0.2, 0.25) is 0 Å². The lowest BCUT2D eigenvalue weighted by atomic mass is 9.80. The van der Waals surface area contributed by atoms with Gasteiger partial charge in [-0.25, -0.2) is 4.79 Å². The number of methoxy groups -OCH3 is 1. The van der Waals surface area contributed by atoms with Crippen LogP contribution in [0.5, 0.6) is 0 Å². The van der Waals surface area contributed by atoms with Crippen molar-refractivity contribution in [1.82, 2.24) is 4.90 Å². The number of likely N-dealkylation sites (tertiary alicyclic amines) is 1. The van der Waals surface area contributed by atoms with Gasteiger partial charge in [0.1, 0.15) is 0 Å². The maximum Gasteiger partial charge on any atom is 0.413 e. The number of allylic oxidation sites excluding steroid dienone is 2. The molecule has 4 nitrogen and oxygen atoms in total. The molecule has 1 saturated heterocycles. The summed E-state index contributed by atoms with van der Waals surface area (Å²) in [6.45, 7) is 0.631. The molecule has 1 spiro atoms. The molecule has 2 atom stereocenters. The highest BCUT2D eigenvalue weighted by Crippen LogP contribution is 2.64. The van der Waals surface area contributed by atoms with E-state index in [-0.39, 0.29) is 17.3 Å². The van der Waals surface area contributed by atoms with Crippen LogP contribution in [0.15, 0.2) is 36.0 Å². The van der Waals surface area contributed by atoms with Crippen molar-refractivity contribution in [3.8, 4) is 0 Å². The van der Waals surface area contributed by atoms with E-state index in [9.17, 15) is 9.59 Å². The smallest absolute Gasteiger partial charge is 0.413 e. The molecular formula is C17H17NO3. The number of ketones is 1. The Labute approximate surface area is 123 Å². The fraction of sp³-hybridized carbons (Fsp3) is 0.412. The molecule has 1 amide bonds. The third-order valence-corrected chi connectivity index (χ3v) is 5.12. The molecule has 2 aliphatic carbocycles. The molecule has 2 fully saturated rings. The summed E-state index contributed by atoms with van der Waals surface area (Å²) in [5.41, 5.74) is 2.58. The van der Waals surface area contributed by atoms with Gasteiger partial charge in [-0.3, -0.25) is 9.69 Å². The van der Waals surface area contributed by atoms with Crippen LogP contribution in [0.1, 0.15) is 35.2 Å². The summed E-state index contributed by atoms with van der Waals surface area (Å²) in [6.07, 6.45) is 4.37. The van der Waals surface area contributed by atoms with Crippen molar-refractivity contribution in [2.75, 3.05) is 13.7 Å². The van der Waals surface area contributed by atoms with Crippen molar-refractivity contribution in [2.45, 2.75) is 24.7 Å². The Morgan fingerprint density at radius 1 is 1.38 bits per heavy atom. The Morgan fingerprint density at radius 2 is 2.19 bits per heavy atom. The second-order valence-corrected chi connectivity index (χ2v) is 6.08. The molecule has 2 unspecified atom stereocenters. The molecule has 1 heterocycles. The van der Waals surface area contributed by atoms with Gasteiger partial charge in [-0.2, -0.15) is 0 Å². The number of benzene rings is 1. The van der Waals surface area contributed by atoms with Gasteiger partial charge in [0.05, 0.1) is 7.11 Å². The maximum absolute atomic E-state index is 12.4. The molecule has 0 bridgehead atoms. The average Bonchev–Trinajstić information content (AvgIpc) is 3.23. The van der Waals surface area contributed by atoms with Crippen LogP contribution in [-0.4, -0.2) is 30.4 Å². The molecule has 4 heteroatoms. The summed E-state index contributed by atoms with van der Waals surface area (Å²) >= 11 is 0. The predicted molar refractivity (Wildman–Crippen MR) is 77.0 cm³/mol. The normalized spacial score (nSPS) is 29.6. The van der Waals surface area contributed by atoms with E-state index in [1.807, 2.05) is 24.3 Å². The highest BCUT2D eigenvalue weighted by Gasteiger charge is 2.62. The van der Waals surface area contributed by atoms with Gasteiger partial charge in [0.25, 0.3) is 0 Å². The fourth-order valence-corrected chi connectivity index (χ4v) is 4.11. The van der Waals surface area contributed by atoms with Crippen LogP contribution in [0.3, 0.4) is 0 Å². The number of carbonyl (C=O) groups excluding carboxylic acids is 2. The van der Waals surface area contributed by atoms with Crippen LogP contribution in [0.2, 0.25) is 0 Å². The third-order valence-electron chi connectivity index (χ3n) is 5.12. The number of ether oxygens (including phenoxy) is 1. The van der Waals surface area contributed by atoms with Crippen LogP contribution < -0.4 is 0 Å². The average molecular weight is 283 g/mol. The van der Waals surface area contributed by atoms with Gasteiger partial charge in [-0.15, -0.1) is 0 Å². The molecule has 21 heavy (non-hydrogen) atoms. The SMILES string of the molecule is COC(=O)N1CCCC2CC23C1=CC(=O)c1ccccc13. The number of fused-ring (bicyclic) bond motifs is 1. The van der Waals surface area contributed by atoms with E-state index in [0.717, 1.165) is 36.1 Å². The lowest BCUT2D eigenvalue weighted by Gasteiger charge is -2.33. The first-order valence-corrected chi connectivity index (χ1v) is 7.40. The van der Waals surface area contributed by atoms with Gasteiger partial charge in [-0.05, 0) is 30.7 Å². The van der Waals surface area contributed by atoms with Gasteiger partial charge in [0, 0.05) is 29.3 Å². The summed E-state index contributed by atoms with van der Waals surface area (Å²) < 4.78 is 4.92. The van der Waals surface area contributed by atoms with Crippen molar-refractivity contribution in [1.29, 1.82) is 0 Å². The molecule has 3 aliphatic rings. The molecule has 1 aliphatic heterocycles. The largest absolute Gasteiger partial charge is 0.452 e. The number of hydrogen-bond donors (Lipinski definition) is 0. The summed E-state index contributed by atoms with van der Waals surface area (Å²) in [6, 6.07) is 7.81. The number of nitrogens with zero attached hydrogens (tertiary/aromatic N) is 1. The van der Waals surface area contributed by atoms with Crippen LogP contribution in [0, 0.1) is 5.92 Å². The molecular weight excluding hydrogens is 266 g/mol. The van der Waals surface area contributed by atoms with Crippen LogP contribution in [0.4, 0.5) is 4.79 Å². The fourth-order valence-electron chi connectivity index (χ4n) is 4.11. The molecule has 0 radical (unpaired) electrons. The summed E-state index contributed by atoms with van der Waals surface area (Å²) in [5.74, 6) is 0.528. The highest BCUT2D eigenvalue weighted by molar-refractivity contribution is 6.08. The lowest BCUT2D eigenvalue weighted by Crippen LogP contribution is -2.38. The van der Waals surface area contributed by atoms with E-state index in [1.165, 1.54) is 7.11 Å². The Bertz CT molecular complexity index is 678. The van der Waals surface area contributed by atoms with E-state index >= 15 is 0 Å². The molecule has 1 saturated carbocycles. The maximum atomic E-state index is 12.4. The summed E-state index contributed by atoms with van der Waals surface area (Å²) in [4.78, 5) is 26.2. The highest BCUT2D eigenvalue weighted by atomic mass is 16.5. The molecule has 1 aromatic carbocycles. The number of carbonyl (C=O) groups is 2. The van der Waals surface area contributed by atoms with Crippen LogP contribution in [-0.2, 0) is 10.2 Å². The quantitative estimate of drug-likeness (QED) is 0.735. The summed E-state index contributed by atoms with van der Waals surface area (Å²) in [5, 5.41) is 0. The molecule has 1 aromatic rings. The molecule has 0 aromatic heterocycles. The van der Waals surface area contributed by atoms with E-state index < -0.39 is 0 Å². The number of hydrogen-bond acceptors (Lipinski definition) is 3. The van der Waals surface area contributed by atoms with Crippen molar-refractivity contribution in [3.05, 3.63) is 47.2 Å². The minimum atomic E-state index is -0.361. The first kappa shape index (κ1) is 12.6. The van der Waals surface area contributed by atoms with Crippen molar-refractivity contribution >= 4 is 11.9 Å². The molecule has 4 rings (SSSR count). The first-order valence-electron chi connectivity index (χ1n) is 7.40.